The van der Waals surface area contributed by atoms with Crippen LogP contribution in [0, 0.1) is 6.92 Å². The summed E-state index contributed by atoms with van der Waals surface area (Å²) in [5, 5.41) is 11.8. The first-order valence-electron chi connectivity index (χ1n) is 7.57. The number of hydrogen-bond acceptors (Lipinski definition) is 4. The lowest BCUT2D eigenvalue weighted by Gasteiger charge is -2.17. The van der Waals surface area contributed by atoms with E-state index >= 15 is 0 Å². The van der Waals surface area contributed by atoms with Crippen LogP contribution in [-0.2, 0) is 15.7 Å². The number of aromatic hydroxyl groups is 1. The Labute approximate surface area is 147 Å². The summed E-state index contributed by atoms with van der Waals surface area (Å²) in [5.74, 6) is -2.21. The zero-order valence-electron chi connectivity index (χ0n) is 13.9. The number of amides is 1. The monoisotopic (exact) mass is 367 g/mol. The van der Waals surface area contributed by atoms with Gasteiger partial charge in [0, 0.05) is 0 Å². The molecule has 0 saturated carbocycles. The van der Waals surface area contributed by atoms with Gasteiger partial charge in [0.2, 0.25) is 0 Å². The quantitative estimate of drug-likeness (QED) is 0.804. The van der Waals surface area contributed by atoms with Crippen molar-refractivity contribution in [1.82, 2.24) is 0 Å². The molecule has 2 rings (SSSR count). The van der Waals surface area contributed by atoms with E-state index in [1.54, 1.807) is 13.0 Å². The summed E-state index contributed by atoms with van der Waals surface area (Å²) in [6, 6.07) is 8.72. The number of para-hydroxylation sites is 1. The van der Waals surface area contributed by atoms with Gasteiger partial charge in [-0.15, -0.1) is 0 Å². The van der Waals surface area contributed by atoms with E-state index < -0.39 is 35.4 Å². The van der Waals surface area contributed by atoms with Crippen molar-refractivity contribution in [3.63, 3.8) is 0 Å². The van der Waals surface area contributed by atoms with Gasteiger partial charge >= 0.3 is 12.1 Å². The number of ether oxygens (including phenoxy) is 1. The Balaban J connectivity index is 2.11. The molecule has 0 radical (unpaired) electrons. The van der Waals surface area contributed by atoms with E-state index in [0.29, 0.717) is 5.56 Å². The third-order valence-electron chi connectivity index (χ3n) is 3.52. The molecule has 2 aromatic rings. The van der Waals surface area contributed by atoms with Gasteiger partial charge in [-0.25, -0.2) is 4.79 Å². The molecule has 2 N–H and O–H groups in total. The fraction of sp³-hybridized carbons (Fsp3) is 0.222. The van der Waals surface area contributed by atoms with Crippen molar-refractivity contribution in [2.45, 2.75) is 26.1 Å². The third kappa shape index (κ3) is 4.53. The predicted molar refractivity (Wildman–Crippen MR) is 87.8 cm³/mol. The van der Waals surface area contributed by atoms with Crippen molar-refractivity contribution in [1.29, 1.82) is 0 Å². The van der Waals surface area contributed by atoms with E-state index in [1.165, 1.54) is 31.2 Å². The number of aryl methyl sites for hydroxylation is 1. The Morgan fingerprint density at radius 1 is 1.15 bits per heavy atom. The summed E-state index contributed by atoms with van der Waals surface area (Å²) < 4.78 is 43.8. The average Bonchev–Trinajstić information content (AvgIpc) is 2.56. The van der Waals surface area contributed by atoms with Crippen LogP contribution >= 0.6 is 0 Å². The molecule has 26 heavy (non-hydrogen) atoms. The number of phenols is 1. The molecule has 1 atom stereocenters. The van der Waals surface area contributed by atoms with E-state index in [1.807, 2.05) is 0 Å². The van der Waals surface area contributed by atoms with Crippen LogP contribution in [0.4, 0.5) is 18.9 Å². The van der Waals surface area contributed by atoms with Crippen LogP contribution in [0.3, 0.4) is 0 Å². The fourth-order valence-corrected chi connectivity index (χ4v) is 2.16. The topological polar surface area (TPSA) is 75.6 Å². The molecule has 0 heterocycles. The highest BCUT2D eigenvalue weighted by atomic mass is 19.4. The van der Waals surface area contributed by atoms with Crippen LogP contribution in [0.2, 0.25) is 0 Å². The number of esters is 1. The van der Waals surface area contributed by atoms with Crippen molar-refractivity contribution in [3.8, 4) is 5.75 Å². The van der Waals surface area contributed by atoms with Crippen molar-refractivity contribution in [2.75, 3.05) is 5.32 Å². The minimum absolute atomic E-state index is 0.139. The van der Waals surface area contributed by atoms with Crippen LogP contribution in [0.5, 0.6) is 5.75 Å². The second-order valence-corrected chi connectivity index (χ2v) is 5.60. The molecule has 0 saturated heterocycles. The van der Waals surface area contributed by atoms with Crippen LogP contribution < -0.4 is 5.32 Å². The molecule has 8 heteroatoms. The maximum absolute atomic E-state index is 12.9. The Kier molecular flexibility index (Phi) is 5.54. The number of phenolic OH excluding ortho intramolecular Hbond substituents is 1. The molecule has 5 nitrogen and oxygen atoms in total. The average molecular weight is 367 g/mol. The van der Waals surface area contributed by atoms with E-state index in [4.69, 9.17) is 4.74 Å². The highest BCUT2D eigenvalue weighted by molar-refractivity contribution is 5.98. The highest BCUT2D eigenvalue weighted by Crippen LogP contribution is 2.34. The Morgan fingerprint density at radius 3 is 2.46 bits per heavy atom. The molecule has 0 unspecified atom stereocenters. The molecule has 0 aliphatic rings. The summed E-state index contributed by atoms with van der Waals surface area (Å²) in [7, 11) is 0. The number of anilines is 1. The number of carbonyl (C=O) groups excluding carboxylic acids is 2. The van der Waals surface area contributed by atoms with E-state index in [2.05, 4.69) is 5.32 Å². The molecule has 0 bridgehead atoms. The van der Waals surface area contributed by atoms with Gasteiger partial charge in [0.05, 0.1) is 11.3 Å². The first-order chi connectivity index (χ1) is 12.1. The largest absolute Gasteiger partial charge is 0.507 e. The summed E-state index contributed by atoms with van der Waals surface area (Å²) >= 11 is 0. The molecule has 0 fully saturated rings. The molecule has 0 aliphatic heterocycles. The summed E-state index contributed by atoms with van der Waals surface area (Å²) in [6.07, 6.45) is -6.01. The van der Waals surface area contributed by atoms with Crippen LogP contribution in [0.15, 0.2) is 42.5 Å². The second kappa shape index (κ2) is 7.47. The molecule has 138 valence electrons. The van der Waals surface area contributed by atoms with Gasteiger partial charge in [-0.2, -0.15) is 13.2 Å². The molecule has 1 amide bonds. The standard InChI is InChI=1S/C18H16F3NO4/c1-10-7-8-15(23)12(9-10)17(25)26-11(2)16(24)22-14-6-4-3-5-13(14)18(19,20)21/h3-9,11,23H,1-2H3,(H,22,24)/t11-/m1/s1. The van der Waals surface area contributed by atoms with Gasteiger partial charge in [0.15, 0.2) is 6.10 Å². The molecular formula is C18H16F3NO4. The van der Waals surface area contributed by atoms with Crippen LogP contribution in [0.25, 0.3) is 0 Å². The van der Waals surface area contributed by atoms with E-state index in [-0.39, 0.29) is 11.3 Å². The molecular weight excluding hydrogens is 351 g/mol. The number of nitrogens with one attached hydrogen (secondary N) is 1. The van der Waals surface area contributed by atoms with Gasteiger partial charge in [-0.3, -0.25) is 4.79 Å². The van der Waals surface area contributed by atoms with Crippen molar-refractivity contribution < 1.29 is 32.6 Å². The lowest BCUT2D eigenvalue weighted by atomic mass is 10.1. The third-order valence-corrected chi connectivity index (χ3v) is 3.52. The summed E-state index contributed by atoms with van der Waals surface area (Å²) in [6.45, 7) is 2.91. The lowest BCUT2D eigenvalue weighted by Crippen LogP contribution is -2.30. The normalized spacial score (nSPS) is 12.3. The maximum Gasteiger partial charge on any atom is 0.418 e. The lowest BCUT2D eigenvalue weighted by molar-refractivity contribution is -0.137. The minimum atomic E-state index is -4.64. The summed E-state index contributed by atoms with van der Waals surface area (Å²) in [4.78, 5) is 24.2. The van der Waals surface area contributed by atoms with E-state index in [0.717, 1.165) is 12.1 Å². The first-order valence-corrected chi connectivity index (χ1v) is 7.57. The Bertz CT molecular complexity index is 833. The molecule has 0 aromatic heterocycles. The smallest absolute Gasteiger partial charge is 0.418 e. The molecule has 2 aromatic carbocycles. The highest BCUT2D eigenvalue weighted by Gasteiger charge is 2.34. The van der Waals surface area contributed by atoms with Crippen LogP contribution in [-0.4, -0.2) is 23.1 Å². The van der Waals surface area contributed by atoms with Crippen molar-refractivity contribution in [3.05, 3.63) is 59.2 Å². The van der Waals surface area contributed by atoms with E-state index in [9.17, 15) is 27.9 Å². The van der Waals surface area contributed by atoms with Crippen molar-refractivity contribution in [2.24, 2.45) is 0 Å². The van der Waals surface area contributed by atoms with Gasteiger partial charge in [0.1, 0.15) is 11.3 Å². The van der Waals surface area contributed by atoms with Gasteiger partial charge < -0.3 is 15.2 Å². The Morgan fingerprint density at radius 2 is 1.81 bits per heavy atom. The van der Waals surface area contributed by atoms with Crippen LogP contribution in [0.1, 0.15) is 28.4 Å². The molecule has 0 spiro atoms. The number of carbonyl (C=O) groups is 2. The molecule has 0 aliphatic carbocycles. The van der Waals surface area contributed by atoms with Gasteiger partial charge in [-0.1, -0.05) is 23.8 Å². The minimum Gasteiger partial charge on any atom is -0.507 e. The van der Waals surface area contributed by atoms with Crippen molar-refractivity contribution >= 4 is 17.6 Å². The predicted octanol–water partition coefficient (Wildman–Crippen LogP) is 3.90. The first kappa shape index (κ1) is 19.3. The zero-order valence-corrected chi connectivity index (χ0v) is 13.9. The summed E-state index contributed by atoms with van der Waals surface area (Å²) in [5.41, 5.74) is -0.902. The number of rotatable bonds is 4. The van der Waals surface area contributed by atoms with Gasteiger partial charge in [0.25, 0.3) is 5.91 Å². The SMILES string of the molecule is Cc1ccc(O)c(C(=O)O[C@H](C)C(=O)Nc2ccccc2C(F)(F)F)c1. The number of hydrogen-bond donors (Lipinski definition) is 2. The number of halogens is 3. The van der Waals surface area contributed by atoms with Gasteiger partial charge in [-0.05, 0) is 38.1 Å². The Hall–Kier alpha value is -3.03. The number of alkyl halides is 3. The zero-order chi connectivity index (χ0) is 19.5. The second-order valence-electron chi connectivity index (χ2n) is 5.60. The fourth-order valence-electron chi connectivity index (χ4n) is 2.16. The maximum atomic E-state index is 12.9. The number of benzene rings is 2.